The molecule has 1 aliphatic rings. The Hall–Kier alpha value is -1.30. The number of nitrogens with zero attached hydrogens (tertiary/aromatic N) is 1. The van der Waals surface area contributed by atoms with Crippen LogP contribution >= 0.6 is 11.6 Å². The van der Waals surface area contributed by atoms with Crippen LogP contribution in [0.25, 0.3) is 0 Å². The van der Waals surface area contributed by atoms with Crippen LogP contribution < -0.4 is 10.1 Å². The lowest BCUT2D eigenvalue weighted by Gasteiger charge is -2.28. The quantitative estimate of drug-likeness (QED) is 0.827. The van der Waals surface area contributed by atoms with E-state index in [4.69, 9.17) is 16.3 Å². The van der Waals surface area contributed by atoms with Gasteiger partial charge >= 0.3 is 0 Å². The number of rotatable bonds is 5. The fraction of sp³-hybridized carbons (Fsp3) is 0.462. The highest BCUT2D eigenvalue weighted by atomic mass is 35.5. The minimum absolute atomic E-state index is 0.00271. The first kappa shape index (κ1) is 14.1. The fourth-order valence-corrected chi connectivity index (χ4v) is 2.05. The summed E-state index contributed by atoms with van der Waals surface area (Å²) >= 11 is 5.77. The maximum absolute atomic E-state index is 11.2. The number of β-amino-alcohol motifs (C(OH)–C–C–N with tert-alkyl or cyclic N) is 1. The van der Waals surface area contributed by atoms with Crippen LogP contribution in [0.4, 0.5) is 0 Å². The summed E-state index contributed by atoms with van der Waals surface area (Å²) < 4.78 is 5.46. The highest BCUT2D eigenvalue weighted by Gasteiger charge is 2.19. The standard InChI is InChI=1S/C13H17ClN2O3/c14-10-1-3-12(4-2-10)19-9-11(17)7-16-6-5-15-13(18)8-16/h1-4,11,17H,5-9H2,(H,15,18)/t11-/m1/s1. The van der Waals surface area contributed by atoms with Crippen molar-refractivity contribution in [1.82, 2.24) is 10.2 Å². The molecular formula is C13H17ClN2O3. The maximum Gasteiger partial charge on any atom is 0.234 e. The smallest absolute Gasteiger partial charge is 0.234 e. The van der Waals surface area contributed by atoms with E-state index in [1.165, 1.54) is 0 Å². The molecule has 5 nitrogen and oxygen atoms in total. The molecular weight excluding hydrogens is 268 g/mol. The van der Waals surface area contributed by atoms with Gasteiger partial charge in [-0.15, -0.1) is 0 Å². The predicted molar refractivity (Wildman–Crippen MR) is 72.4 cm³/mol. The number of carbonyl (C=O) groups excluding carboxylic acids is 1. The van der Waals surface area contributed by atoms with Gasteiger partial charge in [0, 0.05) is 24.7 Å². The monoisotopic (exact) mass is 284 g/mol. The van der Waals surface area contributed by atoms with Crippen molar-refractivity contribution in [2.45, 2.75) is 6.10 Å². The van der Waals surface area contributed by atoms with Crippen LogP contribution in [-0.4, -0.2) is 54.8 Å². The van der Waals surface area contributed by atoms with E-state index in [1.807, 2.05) is 4.90 Å². The number of hydrogen-bond donors (Lipinski definition) is 2. The van der Waals surface area contributed by atoms with E-state index in [9.17, 15) is 9.90 Å². The molecule has 2 N–H and O–H groups in total. The van der Waals surface area contributed by atoms with Gasteiger partial charge in [-0.25, -0.2) is 0 Å². The van der Waals surface area contributed by atoms with Crippen LogP contribution in [0.2, 0.25) is 5.02 Å². The number of ether oxygens (including phenoxy) is 1. The van der Waals surface area contributed by atoms with E-state index in [-0.39, 0.29) is 12.5 Å². The van der Waals surface area contributed by atoms with Crippen molar-refractivity contribution in [2.24, 2.45) is 0 Å². The molecule has 1 atom stereocenters. The summed E-state index contributed by atoms with van der Waals surface area (Å²) in [5, 5.41) is 13.3. The first-order chi connectivity index (χ1) is 9.13. The molecule has 0 saturated carbocycles. The van der Waals surface area contributed by atoms with Crippen LogP contribution in [0.15, 0.2) is 24.3 Å². The number of nitrogens with one attached hydrogen (secondary N) is 1. The summed E-state index contributed by atoms with van der Waals surface area (Å²) in [7, 11) is 0. The molecule has 19 heavy (non-hydrogen) atoms. The molecule has 1 amide bonds. The summed E-state index contributed by atoms with van der Waals surface area (Å²) in [6, 6.07) is 6.98. The normalized spacial score (nSPS) is 17.9. The topological polar surface area (TPSA) is 61.8 Å². The molecule has 0 bridgehead atoms. The van der Waals surface area contributed by atoms with E-state index < -0.39 is 6.10 Å². The summed E-state index contributed by atoms with van der Waals surface area (Å²) in [4.78, 5) is 13.1. The van der Waals surface area contributed by atoms with Crippen molar-refractivity contribution in [2.75, 3.05) is 32.8 Å². The molecule has 1 aliphatic heterocycles. The number of benzene rings is 1. The van der Waals surface area contributed by atoms with Gasteiger partial charge in [-0.1, -0.05) is 11.6 Å². The van der Waals surface area contributed by atoms with Gasteiger partial charge in [-0.05, 0) is 24.3 Å². The fourth-order valence-electron chi connectivity index (χ4n) is 1.92. The van der Waals surface area contributed by atoms with Crippen LogP contribution in [0.5, 0.6) is 5.75 Å². The lowest BCUT2D eigenvalue weighted by molar-refractivity contribution is -0.124. The van der Waals surface area contributed by atoms with Gasteiger partial charge in [0.15, 0.2) is 0 Å². The number of aliphatic hydroxyl groups excluding tert-OH is 1. The average Bonchev–Trinajstić information content (AvgIpc) is 2.38. The Labute approximate surface area is 117 Å². The van der Waals surface area contributed by atoms with Crippen LogP contribution in [0.3, 0.4) is 0 Å². The van der Waals surface area contributed by atoms with E-state index >= 15 is 0 Å². The third-order valence-electron chi connectivity index (χ3n) is 2.84. The Morgan fingerprint density at radius 3 is 2.84 bits per heavy atom. The Morgan fingerprint density at radius 2 is 2.16 bits per heavy atom. The second-order valence-electron chi connectivity index (χ2n) is 4.50. The molecule has 6 heteroatoms. The molecule has 1 aromatic rings. The predicted octanol–water partition coefficient (Wildman–Crippen LogP) is 0.511. The third-order valence-corrected chi connectivity index (χ3v) is 3.09. The van der Waals surface area contributed by atoms with E-state index in [0.717, 1.165) is 6.54 Å². The van der Waals surface area contributed by atoms with Gasteiger partial charge < -0.3 is 15.2 Å². The zero-order valence-electron chi connectivity index (χ0n) is 10.5. The van der Waals surface area contributed by atoms with Gasteiger partial charge in [0.05, 0.1) is 6.54 Å². The SMILES string of the molecule is O=C1CN(C[C@@H](O)COc2ccc(Cl)cc2)CCN1. The molecule has 1 fully saturated rings. The van der Waals surface area contributed by atoms with Gasteiger partial charge in [0.1, 0.15) is 18.5 Å². The molecule has 104 valence electrons. The van der Waals surface area contributed by atoms with Crippen molar-refractivity contribution >= 4 is 17.5 Å². The zero-order valence-corrected chi connectivity index (χ0v) is 11.3. The number of aliphatic hydroxyl groups is 1. The summed E-state index contributed by atoms with van der Waals surface area (Å²) in [6.45, 7) is 2.34. The minimum Gasteiger partial charge on any atom is -0.491 e. The Bertz CT molecular complexity index is 424. The third kappa shape index (κ3) is 4.70. The van der Waals surface area contributed by atoms with Gasteiger partial charge in [-0.3, -0.25) is 9.69 Å². The van der Waals surface area contributed by atoms with Crippen LogP contribution in [0.1, 0.15) is 0 Å². The maximum atomic E-state index is 11.2. The van der Waals surface area contributed by atoms with Crippen molar-refractivity contribution in [3.63, 3.8) is 0 Å². The summed E-state index contributed by atoms with van der Waals surface area (Å²) in [6.07, 6.45) is -0.624. The van der Waals surface area contributed by atoms with Crippen LogP contribution in [0, 0.1) is 0 Å². The number of piperazine rings is 1. The van der Waals surface area contributed by atoms with Crippen molar-refractivity contribution in [1.29, 1.82) is 0 Å². The Kier molecular flexibility index (Phi) is 5.01. The highest BCUT2D eigenvalue weighted by molar-refractivity contribution is 6.30. The first-order valence-electron chi connectivity index (χ1n) is 6.19. The lowest BCUT2D eigenvalue weighted by atomic mass is 10.3. The van der Waals surface area contributed by atoms with E-state index in [2.05, 4.69) is 5.32 Å². The molecule has 0 spiro atoms. The van der Waals surface area contributed by atoms with Gasteiger partial charge in [0.2, 0.25) is 5.91 Å². The molecule has 0 aromatic heterocycles. The number of hydrogen-bond acceptors (Lipinski definition) is 4. The van der Waals surface area contributed by atoms with Crippen molar-refractivity contribution in [3.05, 3.63) is 29.3 Å². The molecule has 1 aromatic carbocycles. The van der Waals surface area contributed by atoms with Gasteiger partial charge in [0.25, 0.3) is 0 Å². The minimum atomic E-state index is -0.624. The van der Waals surface area contributed by atoms with Crippen LogP contribution in [-0.2, 0) is 4.79 Å². The summed E-state index contributed by atoms with van der Waals surface area (Å²) in [5.74, 6) is 0.664. The highest BCUT2D eigenvalue weighted by Crippen LogP contribution is 2.15. The second-order valence-corrected chi connectivity index (χ2v) is 4.94. The largest absolute Gasteiger partial charge is 0.491 e. The number of halogens is 1. The average molecular weight is 285 g/mol. The van der Waals surface area contributed by atoms with Crippen molar-refractivity contribution < 1.29 is 14.6 Å². The van der Waals surface area contributed by atoms with Crippen molar-refractivity contribution in [3.8, 4) is 5.75 Å². The van der Waals surface area contributed by atoms with E-state index in [1.54, 1.807) is 24.3 Å². The molecule has 1 saturated heterocycles. The summed E-state index contributed by atoms with van der Waals surface area (Å²) in [5.41, 5.74) is 0. The molecule has 0 aliphatic carbocycles. The number of amides is 1. The second kappa shape index (κ2) is 6.75. The molecule has 2 rings (SSSR count). The first-order valence-corrected chi connectivity index (χ1v) is 6.57. The number of carbonyl (C=O) groups is 1. The molecule has 0 radical (unpaired) electrons. The van der Waals surface area contributed by atoms with Gasteiger partial charge in [-0.2, -0.15) is 0 Å². The molecule has 1 heterocycles. The lowest BCUT2D eigenvalue weighted by Crippen LogP contribution is -2.50. The van der Waals surface area contributed by atoms with E-state index in [0.29, 0.717) is 30.4 Å². The Balaban J connectivity index is 1.73. The Morgan fingerprint density at radius 1 is 1.42 bits per heavy atom. The zero-order chi connectivity index (χ0) is 13.7. The molecule has 0 unspecified atom stereocenters.